The van der Waals surface area contributed by atoms with Gasteiger partial charge in [-0.2, -0.15) is 5.10 Å². The zero-order chi connectivity index (χ0) is 23.8. The van der Waals surface area contributed by atoms with Gasteiger partial charge < -0.3 is 5.32 Å². The summed E-state index contributed by atoms with van der Waals surface area (Å²) < 4.78 is 3.90. The summed E-state index contributed by atoms with van der Waals surface area (Å²) in [4.78, 5) is 32.4. The number of aryl methyl sites for hydroxylation is 2. The number of para-hydroxylation sites is 1. The Hall–Kier alpha value is -4.04. The van der Waals surface area contributed by atoms with Gasteiger partial charge >= 0.3 is 0 Å². The van der Waals surface area contributed by atoms with E-state index in [1.54, 1.807) is 9.25 Å². The van der Waals surface area contributed by atoms with Gasteiger partial charge in [-0.1, -0.05) is 59.9 Å². The molecule has 0 saturated carbocycles. The molecule has 1 aliphatic rings. The molecule has 3 heterocycles. The van der Waals surface area contributed by atoms with Crippen molar-refractivity contribution >= 4 is 29.0 Å². The van der Waals surface area contributed by atoms with Crippen LogP contribution in [0.3, 0.4) is 0 Å². The van der Waals surface area contributed by atoms with E-state index in [2.05, 4.69) is 15.4 Å². The number of anilines is 1. The van der Waals surface area contributed by atoms with Gasteiger partial charge in [-0.05, 0) is 37.6 Å². The Labute approximate surface area is 200 Å². The molecule has 0 spiro atoms. The number of amides is 1. The van der Waals surface area contributed by atoms with E-state index in [0.717, 1.165) is 16.8 Å². The average molecular weight is 470 g/mol. The van der Waals surface area contributed by atoms with Gasteiger partial charge in [0.2, 0.25) is 0 Å². The fourth-order valence-electron chi connectivity index (χ4n) is 4.18. The highest BCUT2D eigenvalue weighted by atomic mass is 32.1. The van der Waals surface area contributed by atoms with Crippen molar-refractivity contribution in [2.75, 3.05) is 5.32 Å². The summed E-state index contributed by atoms with van der Waals surface area (Å²) in [5, 5.41) is 7.33. The molecule has 4 aromatic rings. The number of nitrogens with one attached hydrogen (secondary N) is 1. The number of aromatic nitrogens is 3. The van der Waals surface area contributed by atoms with Crippen LogP contribution in [-0.2, 0) is 11.8 Å². The van der Waals surface area contributed by atoms with Crippen LogP contribution in [0.25, 0.3) is 6.08 Å². The number of hydrogen-bond donors (Lipinski definition) is 1. The van der Waals surface area contributed by atoms with Crippen LogP contribution in [0.2, 0.25) is 0 Å². The van der Waals surface area contributed by atoms with Crippen LogP contribution in [0, 0.1) is 6.92 Å². The topological polar surface area (TPSA) is 81.3 Å². The largest absolute Gasteiger partial charge is 0.322 e. The lowest BCUT2D eigenvalue weighted by Crippen LogP contribution is -2.40. The highest BCUT2D eigenvalue weighted by molar-refractivity contribution is 7.07. The number of rotatable bonds is 4. The van der Waals surface area contributed by atoms with Crippen molar-refractivity contribution in [1.29, 1.82) is 0 Å². The van der Waals surface area contributed by atoms with E-state index in [9.17, 15) is 9.59 Å². The van der Waals surface area contributed by atoms with Gasteiger partial charge in [0.1, 0.15) is 0 Å². The van der Waals surface area contributed by atoms with E-state index in [1.165, 1.54) is 11.3 Å². The Morgan fingerprint density at radius 1 is 1.06 bits per heavy atom. The Kier molecular flexibility index (Phi) is 5.59. The number of carbonyl (C=O) groups is 1. The first-order chi connectivity index (χ1) is 16.4. The number of fused-ring (bicyclic) bond motifs is 1. The van der Waals surface area contributed by atoms with Crippen LogP contribution in [0.4, 0.5) is 5.69 Å². The molecule has 1 aliphatic heterocycles. The SMILES string of the molecule is CC1=C(C(=O)Nc2ccccc2)[C@H](c2ccccc2)n2c(s/c(=C/c3cn(C)nc3C)c2=O)=N1. The summed E-state index contributed by atoms with van der Waals surface area (Å²) in [5.41, 5.74) is 4.11. The molecular weight excluding hydrogens is 446 g/mol. The second-order valence-electron chi connectivity index (χ2n) is 8.16. The van der Waals surface area contributed by atoms with Crippen LogP contribution in [0.15, 0.2) is 87.9 Å². The summed E-state index contributed by atoms with van der Waals surface area (Å²) in [7, 11) is 1.85. The lowest BCUT2D eigenvalue weighted by Gasteiger charge is -2.25. The first-order valence-electron chi connectivity index (χ1n) is 10.9. The minimum absolute atomic E-state index is 0.182. The quantitative estimate of drug-likeness (QED) is 0.499. The first kappa shape index (κ1) is 21.8. The fraction of sp³-hybridized carbons (Fsp3) is 0.154. The number of allylic oxidation sites excluding steroid dienone is 1. The van der Waals surface area contributed by atoms with Crippen LogP contribution in [0.5, 0.6) is 0 Å². The van der Waals surface area contributed by atoms with E-state index >= 15 is 0 Å². The van der Waals surface area contributed by atoms with E-state index in [-0.39, 0.29) is 11.5 Å². The van der Waals surface area contributed by atoms with Crippen LogP contribution in [-0.4, -0.2) is 20.3 Å². The predicted octanol–water partition coefficient (Wildman–Crippen LogP) is 2.92. The van der Waals surface area contributed by atoms with Gasteiger partial charge in [-0.25, -0.2) is 4.99 Å². The smallest absolute Gasteiger partial charge is 0.271 e. The van der Waals surface area contributed by atoms with Crippen LogP contribution < -0.4 is 20.2 Å². The standard InChI is InChI=1S/C26H23N5O2S/c1-16-19(15-30(3)29-16)14-21-25(33)31-23(18-10-6-4-7-11-18)22(17(2)27-26(31)34-21)24(32)28-20-12-8-5-9-13-20/h4-15,23H,1-3H3,(H,28,32)/b21-14+/t23-/m0/s1. The number of benzene rings is 2. The van der Waals surface area contributed by atoms with Crippen LogP contribution >= 0.6 is 11.3 Å². The molecule has 170 valence electrons. The predicted molar refractivity (Wildman–Crippen MR) is 133 cm³/mol. The van der Waals surface area contributed by atoms with Gasteiger partial charge in [0, 0.05) is 24.5 Å². The molecule has 7 nitrogen and oxygen atoms in total. The summed E-state index contributed by atoms with van der Waals surface area (Å²) in [6, 6.07) is 18.3. The third-order valence-corrected chi connectivity index (χ3v) is 6.73. The van der Waals surface area contributed by atoms with Crippen molar-refractivity contribution in [1.82, 2.24) is 14.3 Å². The van der Waals surface area contributed by atoms with Crippen molar-refractivity contribution in [3.63, 3.8) is 0 Å². The minimum atomic E-state index is -0.585. The molecule has 0 bridgehead atoms. The van der Waals surface area contributed by atoms with Crippen LogP contribution in [0.1, 0.15) is 29.8 Å². The highest BCUT2D eigenvalue weighted by Gasteiger charge is 2.32. The molecule has 2 aromatic heterocycles. The molecule has 8 heteroatoms. The molecule has 0 radical (unpaired) electrons. The van der Waals surface area contributed by atoms with E-state index in [4.69, 9.17) is 0 Å². The molecular formula is C26H23N5O2S. The molecule has 1 N–H and O–H groups in total. The summed E-state index contributed by atoms with van der Waals surface area (Å²) >= 11 is 1.32. The Bertz CT molecular complexity index is 1590. The van der Waals surface area contributed by atoms with E-state index < -0.39 is 6.04 Å². The number of thiazole rings is 1. The monoisotopic (exact) mass is 469 g/mol. The Morgan fingerprint density at radius 2 is 1.74 bits per heavy atom. The molecule has 2 aromatic carbocycles. The number of carbonyl (C=O) groups excluding carboxylic acids is 1. The minimum Gasteiger partial charge on any atom is -0.322 e. The Balaban J connectivity index is 1.68. The van der Waals surface area contributed by atoms with Gasteiger partial charge in [-0.15, -0.1) is 0 Å². The average Bonchev–Trinajstić information content (AvgIpc) is 3.31. The van der Waals surface area contributed by atoms with Crippen molar-refractivity contribution < 1.29 is 4.79 Å². The lowest BCUT2D eigenvalue weighted by molar-refractivity contribution is -0.113. The van der Waals surface area contributed by atoms with E-state index in [1.807, 2.05) is 93.8 Å². The molecule has 0 aliphatic carbocycles. The normalized spacial score (nSPS) is 15.7. The zero-order valence-corrected chi connectivity index (χ0v) is 19.8. The highest BCUT2D eigenvalue weighted by Crippen LogP contribution is 2.30. The fourth-order valence-corrected chi connectivity index (χ4v) is 5.22. The molecule has 5 rings (SSSR count). The molecule has 0 unspecified atom stereocenters. The van der Waals surface area contributed by atoms with Gasteiger partial charge in [-0.3, -0.25) is 18.8 Å². The third-order valence-electron chi connectivity index (χ3n) is 5.75. The van der Waals surface area contributed by atoms with Crippen molar-refractivity contribution in [2.24, 2.45) is 12.0 Å². The molecule has 1 atom stereocenters. The van der Waals surface area contributed by atoms with E-state index in [0.29, 0.717) is 26.3 Å². The van der Waals surface area contributed by atoms with Gasteiger partial charge in [0.25, 0.3) is 11.5 Å². The molecule has 34 heavy (non-hydrogen) atoms. The summed E-state index contributed by atoms with van der Waals surface area (Å²) in [6.07, 6.45) is 3.73. The number of nitrogens with zero attached hydrogens (tertiary/aromatic N) is 4. The molecule has 0 fully saturated rings. The van der Waals surface area contributed by atoms with Crippen molar-refractivity contribution in [3.05, 3.63) is 115 Å². The van der Waals surface area contributed by atoms with Crippen molar-refractivity contribution in [2.45, 2.75) is 19.9 Å². The lowest BCUT2D eigenvalue weighted by atomic mass is 9.95. The Morgan fingerprint density at radius 3 is 2.38 bits per heavy atom. The third kappa shape index (κ3) is 3.92. The van der Waals surface area contributed by atoms with Gasteiger partial charge in [0.05, 0.1) is 27.5 Å². The maximum Gasteiger partial charge on any atom is 0.271 e. The summed E-state index contributed by atoms with van der Waals surface area (Å²) in [6.45, 7) is 3.73. The molecule has 0 saturated heterocycles. The molecule has 1 amide bonds. The zero-order valence-electron chi connectivity index (χ0n) is 19.0. The number of hydrogen-bond acceptors (Lipinski definition) is 5. The first-order valence-corrected chi connectivity index (χ1v) is 11.7. The maximum atomic E-state index is 13.7. The van der Waals surface area contributed by atoms with Crippen molar-refractivity contribution in [3.8, 4) is 0 Å². The van der Waals surface area contributed by atoms with Gasteiger partial charge in [0.15, 0.2) is 4.80 Å². The summed E-state index contributed by atoms with van der Waals surface area (Å²) in [5.74, 6) is -0.279. The second kappa shape index (κ2) is 8.72. The second-order valence-corrected chi connectivity index (χ2v) is 9.17. The maximum absolute atomic E-state index is 13.7.